The van der Waals surface area contributed by atoms with Crippen molar-refractivity contribution in [2.24, 2.45) is 0 Å². The van der Waals surface area contributed by atoms with Crippen molar-refractivity contribution in [3.8, 4) is 11.4 Å². The second kappa shape index (κ2) is 10.8. The highest BCUT2D eigenvalue weighted by Crippen LogP contribution is 2.45. The topological polar surface area (TPSA) is 154 Å². The van der Waals surface area contributed by atoms with Crippen molar-refractivity contribution in [3.05, 3.63) is 73.6 Å². The van der Waals surface area contributed by atoms with Gasteiger partial charge in [-0.05, 0) is 48.9 Å². The van der Waals surface area contributed by atoms with Crippen molar-refractivity contribution < 1.29 is 28.9 Å². The summed E-state index contributed by atoms with van der Waals surface area (Å²) in [6, 6.07) is 3.03. The average Bonchev–Trinajstić information content (AvgIpc) is 3.62. The lowest BCUT2D eigenvalue weighted by Crippen LogP contribution is -2.44. The van der Waals surface area contributed by atoms with Gasteiger partial charge in [0.2, 0.25) is 0 Å². The normalized spacial score (nSPS) is 20.0. The third-order valence-electron chi connectivity index (χ3n) is 9.18. The fraction of sp³-hybridized carbons (Fsp3) is 0.452. The van der Waals surface area contributed by atoms with Gasteiger partial charge in [0, 0.05) is 35.2 Å². The molecule has 5 heterocycles. The minimum atomic E-state index is -1.93. The number of rotatable bonds is 9. The maximum atomic E-state index is 15.1. The Kier molecular flexibility index (Phi) is 7.08. The van der Waals surface area contributed by atoms with Crippen molar-refractivity contribution >= 4 is 16.9 Å². The second-order valence-electron chi connectivity index (χ2n) is 11.6. The van der Waals surface area contributed by atoms with Crippen molar-refractivity contribution in [1.82, 2.24) is 29.9 Å². The number of aliphatic hydroxyl groups is 2. The molecule has 0 unspecified atom stereocenters. The van der Waals surface area contributed by atoms with Crippen LogP contribution in [0, 0.1) is 12.7 Å². The molecular weight excluding hydrogens is 571 g/mol. The first-order valence-corrected chi connectivity index (χ1v) is 14.9. The number of hydrogen-bond acceptors (Lipinski definition) is 10. The number of aliphatic hydroxyl groups excluding tert-OH is 1. The summed E-state index contributed by atoms with van der Waals surface area (Å²) in [6.07, 6.45) is 3.18. The number of esters is 1. The number of carbonyl (C=O) groups excluding carboxylic acids is 1. The van der Waals surface area contributed by atoms with E-state index < -0.39 is 11.6 Å². The molecule has 0 bridgehead atoms. The largest absolute Gasteiger partial charge is 0.458 e. The van der Waals surface area contributed by atoms with E-state index in [0.717, 1.165) is 28.5 Å². The number of nitrogens with zero attached hydrogens (tertiary/aromatic N) is 5. The number of carbonyl (C=O) groups is 1. The Morgan fingerprint density at radius 2 is 2.09 bits per heavy atom. The highest BCUT2D eigenvalue weighted by atomic mass is 19.1. The predicted molar refractivity (Wildman–Crippen MR) is 155 cm³/mol. The smallest absolute Gasteiger partial charge is 0.343 e. The maximum Gasteiger partial charge on any atom is 0.343 e. The summed E-state index contributed by atoms with van der Waals surface area (Å²) in [7, 11) is 0. The van der Waals surface area contributed by atoms with Crippen LogP contribution in [0.1, 0.15) is 64.9 Å². The molecule has 0 radical (unpaired) electrons. The molecule has 0 amide bonds. The van der Waals surface area contributed by atoms with Crippen molar-refractivity contribution in [1.29, 1.82) is 0 Å². The fourth-order valence-corrected chi connectivity index (χ4v) is 6.86. The Hall–Kier alpha value is -4.04. The monoisotopic (exact) mass is 604 g/mol. The standard InChI is InChI=1S/C31H33FN6O6/c1-3-31(42)21-10-25-28-19(13-38(25)29(40)20(21)15-44-30(31)41)27-23(5-4-18-16(2)22(32)11-24(34-28)26(18)27)33-6-9-43-14-17-12-37(7-8-39)36-35-17/h10-12,23,33,39,42H,3-9,13-15H2,1-2H3/t23-,31-/m0/s1. The minimum Gasteiger partial charge on any atom is -0.458 e. The third-order valence-corrected chi connectivity index (χ3v) is 9.18. The van der Waals surface area contributed by atoms with Crippen LogP contribution in [0.25, 0.3) is 22.3 Å². The summed E-state index contributed by atoms with van der Waals surface area (Å²) in [5, 5.41) is 32.8. The number of ether oxygens (including phenoxy) is 2. The van der Waals surface area contributed by atoms with Crippen LogP contribution in [-0.4, -0.2) is 60.5 Å². The molecular formula is C31H33FN6O6. The van der Waals surface area contributed by atoms with Gasteiger partial charge in [0.15, 0.2) is 5.60 Å². The molecule has 0 spiro atoms. The number of nitrogens with one attached hydrogen (secondary N) is 1. The number of hydrogen-bond donors (Lipinski definition) is 3. The lowest BCUT2D eigenvalue weighted by Gasteiger charge is -2.31. The lowest BCUT2D eigenvalue weighted by molar-refractivity contribution is -0.172. The molecule has 0 saturated heterocycles. The first-order chi connectivity index (χ1) is 21.2. The summed E-state index contributed by atoms with van der Waals surface area (Å²) in [6.45, 7) is 5.09. The predicted octanol–water partition coefficient (Wildman–Crippen LogP) is 1.90. The van der Waals surface area contributed by atoms with Gasteiger partial charge in [-0.25, -0.2) is 18.9 Å². The molecule has 2 atom stereocenters. The van der Waals surface area contributed by atoms with Crippen LogP contribution < -0.4 is 10.9 Å². The molecule has 4 aromatic rings. The number of benzene rings is 1. The van der Waals surface area contributed by atoms with E-state index >= 15 is 4.39 Å². The van der Waals surface area contributed by atoms with E-state index in [-0.39, 0.29) is 61.3 Å². The molecule has 3 aliphatic rings. The van der Waals surface area contributed by atoms with Gasteiger partial charge >= 0.3 is 5.97 Å². The number of aryl methyl sites for hydroxylation is 1. The van der Waals surface area contributed by atoms with Gasteiger partial charge in [-0.15, -0.1) is 5.10 Å². The van der Waals surface area contributed by atoms with Crippen molar-refractivity contribution in [3.63, 3.8) is 0 Å². The molecule has 12 nitrogen and oxygen atoms in total. The zero-order valence-corrected chi connectivity index (χ0v) is 24.5. The molecule has 0 fully saturated rings. The highest BCUT2D eigenvalue weighted by molar-refractivity contribution is 5.93. The molecule has 0 saturated carbocycles. The number of halogens is 1. The first-order valence-electron chi connectivity index (χ1n) is 14.9. The molecule has 13 heteroatoms. The maximum absolute atomic E-state index is 15.1. The molecule has 1 aliphatic carbocycles. The van der Waals surface area contributed by atoms with Crippen LogP contribution in [-0.2, 0) is 52.6 Å². The summed E-state index contributed by atoms with van der Waals surface area (Å²) in [4.78, 5) is 31.2. The van der Waals surface area contributed by atoms with E-state index in [1.807, 2.05) is 0 Å². The molecule has 2 aliphatic heterocycles. The van der Waals surface area contributed by atoms with Crippen LogP contribution in [0.3, 0.4) is 0 Å². The van der Waals surface area contributed by atoms with Crippen LogP contribution in [0.5, 0.6) is 0 Å². The summed E-state index contributed by atoms with van der Waals surface area (Å²) in [5.41, 5.74) is 3.85. The van der Waals surface area contributed by atoms with E-state index in [1.165, 1.54) is 6.07 Å². The zero-order chi connectivity index (χ0) is 30.7. The van der Waals surface area contributed by atoms with E-state index in [9.17, 15) is 14.7 Å². The van der Waals surface area contributed by atoms with Gasteiger partial charge < -0.3 is 29.6 Å². The Bertz CT molecular complexity index is 1890. The highest BCUT2D eigenvalue weighted by Gasteiger charge is 2.46. The van der Waals surface area contributed by atoms with Crippen molar-refractivity contribution in [2.45, 2.75) is 71.1 Å². The number of fused-ring (bicyclic) bond motifs is 5. The van der Waals surface area contributed by atoms with Gasteiger partial charge in [0.05, 0.1) is 61.6 Å². The molecule has 7 rings (SSSR count). The molecule has 3 N–H and O–H groups in total. The van der Waals surface area contributed by atoms with Crippen molar-refractivity contribution in [2.75, 3.05) is 19.8 Å². The molecule has 3 aromatic heterocycles. The lowest BCUT2D eigenvalue weighted by atomic mass is 9.81. The Morgan fingerprint density at radius 1 is 1.25 bits per heavy atom. The average molecular weight is 605 g/mol. The van der Waals surface area contributed by atoms with E-state index in [0.29, 0.717) is 54.3 Å². The van der Waals surface area contributed by atoms with Crippen LogP contribution >= 0.6 is 0 Å². The summed E-state index contributed by atoms with van der Waals surface area (Å²) in [5.74, 6) is -1.11. The van der Waals surface area contributed by atoms with E-state index in [1.54, 1.807) is 35.4 Å². The third kappa shape index (κ3) is 4.37. The van der Waals surface area contributed by atoms with E-state index in [4.69, 9.17) is 19.6 Å². The number of aromatic nitrogens is 5. The first kappa shape index (κ1) is 28.7. The van der Waals surface area contributed by atoms with E-state index in [2.05, 4.69) is 15.6 Å². The zero-order valence-electron chi connectivity index (χ0n) is 24.5. The van der Waals surface area contributed by atoms with Gasteiger partial charge in [-0.1, -0.05) is 12.1 Å². The molecule has 1 aromatic carbocycles. The Morgan fingerprint density at radius 3 is 2.89 bits per heavy atom. The minimum absolute atomic E-state index is 0.0205. The van der Waals surface area contributed by atoms with Gasteiger partial charge in [-0.3, -0.25) is 4.79 Å². The quantitative estimate of drug-likeness (QED) is 0.168. The fourth-order valence-electron chi connectivity index (χ4n) is 6.86. The van der Waals surface area contributed by atoms with Gasteiger partial charge in [0.1, 0.15) is 18.1 Å². The Labute approximate surface area is 251 Å². The molecule has 230 valence electrons. The summed E-state index contributed by atoms with van der Waals surface area (Å²) >= 11 is 0. The SMILES string of the molecule is CC[C@@]1(O)C(=O)OCc2c1cc1n(c2=O)Cc2c-1nc1cc(F)c(C)c3c1c2[C@@H](NCCOCc1cn(CCO)nn1)CC3. The van der Waals surface area contributed by atoms with Crippen LogP contribution in [0.2, 0.25) is 0 Å². The number of cyclic esters (lactones) is 1. The van der Waals surface area contributed by atoms with Crippen LogP contribution in [0.15, 0.2) is 23.1 Å². The van der Waals surface area contributed by atoms with Gasteiger partial charge in [-0.2, -0.15) is 0 Å². The van der Waals surface area contributed by atoms with Crippen LogP contribution in [0.4, 0.5) is 4.39 Å². The Balaban J connectivity index is 1.24. The number of pyridine rings is 2. The summed E-state index contributed by atoms with van der Waals surface area (Å²) < 4.78 is 29.3. The second-order valence-corrected chi connectivity index (χ2v) is 11.6. The van der Waals surface area contributed by atoms with Gasteiger partial charge in [0.25, 0.3) is 5.56 Å². The molecule has 44 heavy (non-hydrogen) atoms.